The van der Waals surface area contributed by atoms with Crippen LogP contribution in [0.4, 0.5) is 17.1 Å². The van der Waals surface area contributed by atoms with Crippen molar-refractivity contribution in [2.45, 2.75) is 59.3 Å². The summed E-state index contributed by atoms with van der Waals surface area (Å²) in [5.74, 6) is 0.955. The summed E-state index contributed by atoms with van der Waals surface area (Å²) in [7, 11) is 0. The normalized spacial score (nSPS) is 13.7. The lowest BCUT2D eigenvalue weighted by Gasteiger charge is -2.40. The van der Waals surface area contributed by atoms with Crippen LogP contribution in [0.3, 0.4) is 0 Å². The Hall–Kier alpha value is -4.50. The lowest BCUT2D eigenvalue weighted by atomic mass is 9.34. The number of fused-ring (bicyclic) bond motifs is 4. The Morgan fingerprint density at radius 1 is 0.636 bits per heavy atom. The molecule has 0 fully saturated rings. The summed E-state index contributed by atoms with van der Waals surface area (Å²) < 4.78 is 7.05. The van der Waals surface area contributed by atoms with Crippen LogP contribution in [-0.2, 0) is 10.8 Å². The summed E-state index contributed by atoms with van der Waals surface area (Å²) >= 11 is 0. The van der Waals surface area contributed by atoms with E-state index < -0.39 is 0 Å². The summed E-state index contributed by atoms with van der Waals surface area (Å²) in [4.78, 5) is 2.52. The third-order valence-electron chi connectivity index (χ3n) is 9.61. The first-order valence-corrected chi connectivity index (χ1v) is 15.8. The Balaban J connectivity index is 1.48. The lowest BCUT2D eigenvalue weighted by molar-refractivity contribution is 0.590. The van der Waals surface area contributed by atoms with Crippen molar-refractivity contribution in [3.8, 4) is 22.5 Å². The summed E-state index contributed by atoms with van der Waals surface area (Å²) in [6, 6.07) is 38.3. The molecule has 0 saturated heterocycles. The maximum atomic E-state index is 7.05. The number of hydrogen-bond acceptors (Lipinski definition) is 2. The van der Waals surface area contributed by atoms with Gasteiger partial charge in [-0.2, -0.15) is 0 Å². The van der Waals surface area contributed by atoms with E-state index in [1.54, 1.807) is 0 Å². The molecule has 2 nitrogen and oxygen atoms in total. The molecule has 0 amide bonds. The van der Waals surface area contributed by atoms with Gasteiger partial charge in [-0.3, -0.25) is 0 Å². The first-order valence-electron chi connectivity index (χ1n) is 15.8. The van der Waals surface area contributed by atoms with E-state index >= 15 is 0 Å². The third-order valence-corrected chi connectivity index (χ3v) is 9.61. The number of rotatable bonds is 2. The zero-order chi connectivity index (χ0) is 30.5. The second-order valence-electron chi connectivity index (χ2n) is 14.7. The van der Waals surface area contributed by atoms with Crippen LogP contribution in [0.1, 0.15) is 58.2 Å². The lowest BCUT2D eigenvalue weighted by Crippen LogP contribution is -2.59. The quantitative estimate of drug-likeness (QED) is 0.192. The van der Waals surface area contributed by atoms with Gasteiger partial charge in [0.2, 0.25) is 0 Å². The fraction of sp³-hybridized carbons (Fsp3) is 0.220. The van der Waals surface area contributed by atoms with Gasteiger partial charge in [0, 0.05) is 33.4 Å². The number of hydrogen-bond donors (Lipinski definition) is 0. The van der Waals surface area contributed by atoms with E-state index in [0.717, 1.165) is 17.0 Å². The molecule has 44 heavy (non-hydrogen) atoms. The first kappa shape index (κ1) is 27.1. The highest BCUT2D eigenvalue weighted by molar-refractivity contribution is 7.00. The van der Waals surface area contributed by atoms with Crippen LogP contribution in [0.15, 0.2) is 108 Å². The predicted molar refractivity (Wildman–Crippen MR) is 189 cm³/mol. The Kier molecular flexibility index (Phi) is 5.70. The largest absolute Gasteiger partial charge is 0.469 e. The van der Waals surface area contributed by atoms with Crippen molar-refractivity contribution in [2.24, 2.45) is 0 Å². The molecule has 1 aromatic heterocycles. The number of aryl methyl sites for hydroxylation is 1. The van der Waals surface area contributed by atoms with E-state index in [0.29, 0.717) is 0 Å². The molecule has 0 atom stereocenters. The fourth-order valence-electron chi connectivity index (χ4n) is 7.34. The Labute approximate surface area is 261 Å². The van der Waals surface area contributed by atoms with Gasteiger partial charge in [-0.1, -0.05) is 120 Å². The third kappa shape index (κ3) is 3.95. The average molecular weight is 572 g/mol. The van der Waals surface area contributed by atoms with Crippen LogP contribution in [-0.4, -0.2) is 6.71 Å². The highest BCUT2D eigenvalue weighted by atomic mass is 16.3. The Bertz CT molecular complexity index is 2110. The highest BCUT2D eigenvalue weighted by Gasteiger charge is 2.44. The SMILES string of the molecule is Cc1cc2c3c(c1)N(c1cccc(C(C)(C)C)c1)c1cc(C(C)(C)C)ccc1B3c1oc(-c3ccccc3)c3cccc-2c13. The van der Waals surface area contributed by atoms with E-state index in [1.807, 2.05) is 0 Å². The smallest absolute Gasteiger partial charge is 0.293 e. The van der Waals surface area contributed by atoms with Gasteiger partial charge in [0.05, 0.1) is 5.66 Å². The number of benzene rings is 5. The van der Waals surface area contributed by atoms with Crippen molar-refractivity contribution in [1.82, 2.24) is 0 Å². The van der Waals surface area contributed by atoms with Crippen LogP contribution in [0.25, 0.3) is 33.2 Å². The van der Waals surface area contributed by atoms with E-state index in [1.165, 1.54) is 66.6 Å². The van der Waals surface area contributed by atoms with E-state index in [9.17, 15) is 0 Å². The van der Waals surface area contributed by atoms with Crippen molar-refractivity contribution in [3.63, 3.8) is 0 Å². The van der Waals surface area contributed by atoms with Gasteiger partial charge in [-0.05, 0) is 80.8 Å². The molecule has 0 bridgehead atoms. The van der Waals surface area contributed by atoms with Crippen molar-refractivity contribution < 1.29 is 4.42 Å². The van der Waals surface area contributed by atoms with Crippen LogP contribution in [0.2, 0.25) is 0 Å². The molecule has 0 saturated carbocycles. The average Bonchev–Trinajstić information content (AvgIpc) is 3.38. The van der Waals surface area contributed by atoms with Crippen molar-refractivity contribution in [2.75, 3.05) is 4.90 Å². The van der Waals surface area contributed by atoms with Crippen molar-refractivity contribution in [1.29, 1.82) is 0 Å². The summed E-state index contributed by atoms with van der Waals surface area (Å²) in [6.07, 6.45) is 0. The van der Waals surface area contributed by atoms with Crippen LogP contribution in [0, 0.1) is 6.92 Å². The summed E-state index contributed by atoms with van der Waals surface area (Å²) in [5, 5.41) is 2.43. The second-order valence-corrected chi connectivity index (χ2v) is 14.7. The van der Waals surface area contributed by atoms with Crippen LogP contribution >= 0.6 is 0 Å². The van der Waals surface area contributed by atoms with Crippen LogP contribution < -0.4 is 21.5 Å². The molecule has 0 aliphatic carbocycles. The van der Waals surface area contributed by atoms with E-state index in [2.05, 4.69) is 156 Å². The standard InChI is InChI=1S/C41H38BNO/c1-25-21-32-30-17-12-18-31-36(30)39(44-38(31)26-13-9-8-10-14-26)42-33-20-19-28(41(5,6)7)24-34(33)43(35(22-25)37(32)42)29-16-11-15-27(23-29)40(2,3)4/h8-24H,1-7H3. The fourth-order valence-corrected chi connectivity index (χ4v) is 7.34. The maximum absolute atomic E-state index is 7.05. The van der Waals surface area contributed by atoms with Gasteiger partial charge < -0.3 is 9.32 Å². The predicted octanol–water partition coefficient (Wildman–Crippen LogP) is 9.28. The van der Waals surface area contributed by atoms with Crippen molar-refractivity contribution >= 4 is 51.1 Å². The van der Waals surface area contributed by atoms with Gasteiger partial charge >= 0.3 is 0 Å². The summed E-state index contributed by atoms with van der Waals surface area (Å²) in [6.45, 7) is 16.0. The molecule has 216 valence electrons. The molecule has 3 heteroatoms. The molecule has 3 heterocycles. The minimum atomic E-state index is 0.00142. The molecule has 0 unspecified atom stereocenters. The molecule has 0 N–H and O–H groups in total. The molecule has 0 radical (unpaired) electrons. The topological polar surface area (TPSA) is 16.4 Å². The van der Waals surface area contributed by atoms with E-state index in [-0.39, 0.29) is 17.5 Å². The van der Waals surface area contributed by atoms with Gasteiger partial charge in [-0.15, -0.1) is 0 Å². The van der Waals surface area contributed by atoms with Gasteiger partial charge in [-0.25, -0.2) is 0 Å². The second kappa shape index (κ2) is 9.25. The minimum Gasteiger partial charge on any atom is -0.469 e. The number of anilines is 3. The highest BCUT2D eigenvalue weighted by Crippen LogP contribution is 2.45. The zero-order valence-electron chi connectivity index (χ0n) is 26.7. The molecule has 0 spiro atoms. The Morgan fingerprint density at radius 2 is 1.36 bits per heavy atom. The summed E-state index contributed by atoms with van der Waals surface area (Å²) in [5.41, 5.74) is 15.0. The zero-order valence-corrected chi connectivity index (χ0v) is 26.7. The monoisotopic (exact) mass is 571 g/mol. The molecule has 2 aliphatic heterocycles. The Morgan fingerprint density at radius 3 is 2.11 bits per heavy atom. The van der Waals surface area contributed by atoms with Crippen molar-refractivity contribution in [3.05, 3.63) is 120 Å². The number of nitrogens with zero attached hydrogens (tertiary/aromatic N) is 1. The molecular formula is C41H38BNO. The molecule has 5 aromatic carbocycles. The first-order chi connectivity index (χ1) is 21.0. The molecule has 6 aromatic rings. The van der Waals surface area contributed by atoms with Gasteiger partial charge in [0.15, 0.2) is 0 Å². The molecular weight excluding hydrogens is 533 g/mol. The van der Waals surface area contributed by atoms with Gasteiger partial charge in [0.25, 0.3) is 6.71 Å². The van der Waals surface area contributed by atoms with E-state index in [4.69, 9.17) is 4.42 Å². The maximum Gasteiger partial charge on any atom is 0.293 e. The minimum absolute atomic E-state index is 0.00142. The van der Waals surface area contributed by atoms with Crippen LogP contribution in [0.5, 0.6) is 0 Å². The van der Waals surface area contributed by atoms with Gasteiger partial charge in [0.1, 0.15) is 5.76 Å². The molecule has 2 aliphatic rings. The molecule has 8 rings (SSSR count). The number of furan rings is 1.